The Morgan fingerprint density at radius 2 is 1.00 bits per heavy atom. The molecule has 3 aliphatic rings. The number of hydrogen-bond donors (Lipinski definition) is 12. The number of nitrogens with one attached hydrogen (secondary N) is 1. The van der Waals surface area contributed by atoms with Gasteiger partial charge in [0.1, 0.15) is 73.2 Å². The smallest absolute Gasteiger partial charge is 0.220 e. The number of rotatable bonds is 30. The Morgan fingerprint density at radius 1 is 0.565 bits per heavy atom. The van der Waals surface area contributed by atoms with E-state index in [2.05, 4.69) is 19.2 Å². The molecule has 62 heavy (non-hydrogen) atoms. The Balaban J connectivity index is 1.61. The fourth-order valence-electron chi connectivity index (χ4n) is 7.89. The van der Waals surface area contributed by atoms with Crippen molar-refractivity contribution in [1.82, 2.24) is 5.32 Å². The lowest BCUT2D eigenvalue weighted by Gasteiger charge is -2.48. The number of amides is 1. The van der Waals surface area contributed by atoms with Gasteiger partial charge in [-0.25, -0.2) is 0 Å². The first kappa shape index (κ1) is 54.9. The van der Waals surface area contributed by atoms with Gasteiger partial charge in [0.05, 0.1) is 38.6 Å². The van der Waals surface area contributed by atoms with Crippen LogP contribution in [-0.2, 0) is 33.2 Å². The molecule has 0 aromatic carbocycles. The first-order valence-electron chi connectivity index (χ1n) is 22.9. The topological polar surface area (TPSA) is 307 Å². The summed E-state index contributed by atoms with van der Waals surface area (Å²) in [4.78, 5) is 13.1. The van der Waals surface area contributed by atoms with Gasteiger partial charge in [-0.2, -0.15) is 0 Å². The van der Waals surface area contributed by atoms with Gasteiger partial charge in [-0.3, -0.25) is 4.79 Å². The molecule has 3 heterocycles. The molecule has 19 heteroatoms. The average Bonchev–Trinajstić information content (AvgIpc) is 3.26. The van der Waals surface area contributed by atoms with Crippen LogP contribution in [0.2, 0.25) is 0 Å². The maximum Gasteiger partial charge on any atom is 0.220 e. The van der Waals surface area contributed by atoms with Gasteiger partial charge < -0.3 is 89.9 Å². The molecule has 3 aliphatic heterocycles. The number of aliphatic hydroxyl groups excluding tert-OH is 11. The normalized spacial score (nSPS) is 35.3. The second kappa shape index (κ2) is 29.9. The van der Waals surface area contributed by atoms with Crippen LogP contribution >= 0.6 is 0 Å². The summed E-state index contributed by atoms with van der Waals surface area (Å²) in [6, 6.07) is -0.961. The van der Waals surface area contributed by atoms with E-state index in [1.165, 1.54) is 44.9 Å². The van der Waals surface area contributed by atoms with Gasteiger partial charge in [0.2, 0.25) is 5.91 Å². The SMILES string of the molecule is CCCCCCCC/C=C/C(O)C(COC1OC(CO)C(OC2OC(CO)C(OC3OC(CO)C(O)C(O)C3O)C(O)C2O)C(O)C1O)NC(=O)CCCCCCCCCCC. The Morgan fingerprint density at radius 3 is 1.52 bits per heavy atom. The predicted molar refractivity (Wildman–Crippen MR) is 222 cm³/mol. The van der Waals surface area contributed by atoms with Gasteiger partial charge in [-0.05, 0) is 19.3 Å². The van der Waals surface area contributed by atoms with Crippen molar-refractivity contribution < 1.29 is 89.4 Å². The van der Waals surface area contributed by atoms with E-state index < -0.39 is 124 Å². The van der Waals surface area contributed by atoms with Crippen molar-refractivity contribution in [3.8, 4) is 0 Å². The van der Waals surface area contributed by atoms with Crippen LogP contribution in [0.3, 0.4) is 0 Å². The number of carbonyl (C=O) groups excluding carboxylic acids is 1. The Labute approximate surface area is 365 Å². The van der Waals surface area contributed by atoms with E-state index in [-0.39, 0.29) is 18.9 Å². The summed E-state index contributed by atoms with van der Waals surface area (Å²) in [6.45, 7) is 1.58. The van der Waals surface area contributed by atoms with Crippen molar-refractivity contribution in [2.24, 2.45) is 0 Å². The van der Waals surface area contributed by atoms with E-state index in [1.54, 1.807) is 6.08 Å². The molecule has 0 spiro atoms. The van der Waals surface area contributed by atoms with Gasteiger partial charge in [-0.1, -0.05) is 109 Å². The van der Waals surface area contributed by atoms with Crippen LogP contribution in [0.25, 0.3) is 0 Å². The third-order valence-corrected chi connectivity index (χ3v) is 11.8. The summed E-state index contributed by atoms with van der Waals surface area (Å²) in [5.74, 6) is -0.285. The zero-order chi connectivity index (χ0) is 45.6. The highest BCUT2D eigenvalue weighted by molar-refractivity contribution is 5.76. The van der Waals surface area contributed by atoms with Gasteiger partial charge in [0.15, 0.2) is 18.9 Å². The minimum absolute atomic E-state index is 0.245. The highest BCUT2D eigenvalue weighted by Gasteiger charge is 2.53. The van der Waals surface area contributed by atoms with Crippen LogP contribution in [0.4, 0.5) is 0 Å². The minimum atomic E-state index is -1.97. The lowest BCUT2D eigenvalue weighted by molar-refractivity contribution is -0.379. The van der Waals surface area contributed by atoms with E-state index in [0.717, 1.165) is 51.4 Å². The minimum Gasteiger partial charge on any atom is -0.394 e. The highest BCUT2D eigenvalue weighted by atomic mass is 16.8. The molecule has 0 saturated carbocycles. The molecule has 3 saturated heterocycles. The summed E-state index contributed by atoms with van der Waals surface area (Å²) < 4.78 is 33.9. The Hall–Kier alpha value is -1.47. The molecule has 364 valence electrons. The monoisotopic (exact) mass is 898 g/mol. The van der Waals surface area contributed by atoms with Crippen LogP contribution in [0.1, 0.15) is 123 Å². The first-order valence-corrected chi connectivity index (χ1v) is 22.9. The molecule has 3 fully saturated rings. The van der Waals surface area contributed by atoms with Crippen LogP contribution in [0.15, 0.2) is 12.2 Å². The number of unbranched alkanes of at least 4 members (excludes halogenated alkanes) is 14. The Bertz CT molecular complexity index is 1220. The fourth-order valence-corrected chi connectivity index (χ4v) is 7.89. The first-order chi connectivity index (χ1) is 29.8. The zero-order valence-corrected chi connectivity index (χ0v) is 36.6. The van der Waals surface area contributed by atoms with Crippen molar-refractivity contribution in [1.29, 1.82) is 0 Å². The molecule has 1 amide bonds. The summed E-state index contributed by atoms with van der Waals surface area (Å²) >= 11 is 0. The molecule has 12 N–H and O–H groups in total. The van der Waals surface area contributed by atoms with Gasteiger partial charge in [-0.15, -0.1) is 0 Å². The third-order valence-electron chi connectivity index (χ3n) is 11.8. The standard InChI is InChI=1S/C43H79NO18/c1-3-5-7-9-11-13-15-17-19-21-31(49)44-26(27(48)20-18-16-14-12-10-8-6-4-2)25-57-41-37(55)34(52)39(29(23-46)59-41)62-43-38(56)35(53)40(30(24-47)60-43)61-42-36(54)33(51)32(50)28(22-45)58-42/h18,20,26-30,32-43,45-48,50-56H,3-17,19,21-25H2,1-2H3,(H,44,49)/b20-18+. The lowest BCUT2D eigenvalue weighted by atomic mass is 9.96. The molecule has 3 rings (SSSR count). The summed E-state index contributed by atoms with van der Waals surface area (Å²) in [7, 11) is 0. The molecule has 0 radical (unpaired) electrons. The summed E-state index contributed by atoms with van der Waals surface area (Å²) in [5.41, 5.74) is 0. The quantitative estimate of drug-likeness (QED) is 0.0320. The van der Waals surface area contributed by atoms with E-state index in [9.17, 15) is 61.0 Å². The molecular formula is C43H79NO18. The van der Waals surface area contributed by atoms with Crippen LogP contribution < -0.4 is 5.32 Å². The molecule has 17 atom stereocenters. The molecular weight excluding hydrogens is 818 g/mol. The van der Waals surface area contributed by atoms with Crippen LogP contribution in [-0.4, -0.2) is 193 Å². The van der Waals surface area contributed by atoms with Gasteiger partial charge in [0, 0.05) is 6.42 Å². The van der Waals surface area contributed by atoms with Crippen molar-refractivity contribution in [2.45, 2.75) is 227 Å². The molecule has 0 aliphatic carbocycles. The number of ether oxygens (including phenoxy) is 6. The van der Waals surface area contributed by atoms with Crippen LogP contribution in [0.5, 0.6) is 0 Å². The largest absolute Gasteiger partial charge is 0.394 e. The second-order valence-corrected chi connectivity index (χ2v) is 16.9. The number of allylic oxidation sites excluding steroid dienone is 1. The second-order valence-electron chi connectivity index (χ2n) is 16.9. The van der Waals surface area contributed by atoms with E-state index in [1.807, 2.05) is 6.08 Å². The molecule has 0 bridgehead atoms. The maximum absolute atomic E-state index is 13.1. The maximum atomic E-state index is 13.1. The molecule has 17 unspecified atom stereocenters. The van der Waals surface area contributed by atoms with Crippen molar-refractivity contribution in [2.75, 3.05) is 26.4 Å². The third kappa shape index (κ3) is 17.1. The van der Waals surface area contributed by atoms with E-state index >= 15 is 0 Å². The number of aliphatic hydroxyl groups is 11. The van der Waals surface area contributed by atoms with Crippen molar-refractivity contribution in [3.63, 3.8) is 0 Å². The zero-order valence-electron chi connectivity index (χ0n) is 36.6. The molecule has 0 aromatic heterocycles. The lowest BCUT2D eigenvalue weighted by Crippen LogP contribution is -2.66. The predicted octanol–water partition coefficient (Wildman–Crippen LogP) is -0.475. The van der Waals surface area contributed by atoms with Gasteiger partial charge >= 0.3 is 0 Å². The highest BCUT2D eigenvalue weighted by Crippen LogP contribution is 2.33. The number of hydrogen-bond acceptors (Lipinski definition) is 18. The fraction of sp³-hybridized carbons (Fsp3) is 0.930. The van der Waals surface area contributed by atoms with Gasteiger partial charge in [0.25, 0.3) is 0 Å². The van der Waals surface area contributed by atoms with Crippen molar-refractivity contribution in [3.05, 3.63) is 12.2 Å². The average molecular weight is 898 g/mol. The van der Waals surface area contributed by atoms with E-state index in [0.29, 0.717) is 6.42 Å². The van der Waals surface area contributed by atoms with E-state index in [4.69, 9.17) is 28.4 Å². The Kier molecular flexibility index (Phi) is 26.5. The summed E-state index contributed by atoms with van der Waals surface area (Å²) in [5, 5.41) is 119. The summed E-state index contributed by atoms with van der Waals surface area (Å²) in [6.07, 6.45) is -5.86. The molecule has 0 aromatic rings. The number of carbonyl (C=O) groups is 1. The van der Waals surface area contributed by atoms with Crippen molar-refractivity contribution >= 4 is 5.91 Å². The van der Waals surface area contributed by atoms with Crippen LogP contribution in [0, 0.1) is 0 Å². The molecule has 19 nitrogen and oxygen atoms in total.